The molecule has 15 heavy (non-hydrogen) atoms. The van der Waals surface area contributed by atoms with Gasteiger partial charge in [0.1, 0.15) is 0 Å². The van der Waals surface area contributed by atoms with Gasteiger partial charge in [-0.1, -0.05) is 17.7 Å². The standard InChI is InChI=1S/C10H13BNO3/c1-14-10(13)9-4-2-8(3-5-9)6-11-15-7-12/h2-5H,6-7,12H2,1H3. The number of hydrogen-bond acceptors (Lipinski definition) is 4. The first-order chi connectivity index (χ1) is 7.27. The van der Waals surface area contributed by atoms with Crippen molar-refractivity contribution >= 4 is 13.5 Å². The van der Waals surface area contributed by atoms with Gasteiger partial charge in [0, 0.05) is 0 Å². The van der Waals surface area contributed by atoms with Crippen LogP contribution in [0.3, 0.4) is 0 Å². The van der Waals surface area contributed by atoms with E-state index in [9.17, 15) is 4.79 Å². The van der Waals surface area contributed by atoms with Crippen molar-refractivity contribution in [3.63, 3.8) is 0 Å². The van der Waals surface area contributed by atoms with E-state index in [-0.39, 0.29) is 12.7 Å². The lowest BCUT2D eigenvalue weighted by Gasteiger charge is -2.02. The molecule has 2 N–H and O–H groups in total. The minimum absolute atomic E-state index is 0.181. The summed E-state index contributed by atoms with van der Waals surface area (Å²) in [6.07, 6.45) is 0.665. The first-order valence-electron chi connectivity index (χ1n) is 4.58. The Kier molecular flexibility index (Phi) is 4.87. The Hall–Kier alpha value is -1.33. The maximum atomic E-state index is 11.1. The lowest BCUT2D eigenvalue weighted by molar-refractivity contribution is 0.0601. The fraction of sp³-hybridized carbons (Fsp3) is 0.300. The Morgan fingerprint density at radius 1 is 1.40 bits per heavy atom. The van der Waals surface area contributed by atoms with Crippen molar-refractivity contribution in [2.45, 2.75) is 6.32 Å². The summed E-state index contributed by atoms with van der Waals surface area (Å²) in [5.74, 6) is -0.330. The average molecular weight is 206 g/mol. The molecule has 0 fully saturated rings. The summed E-state index contributed by atoms with van der Waals surface area (Å²) in [6, 6.07) is 7.14. The fourth-order valence-electron chi connectivity index (χ4n) is 1.12. The summed E-state index contributed by atoms with van der Waals surface area (Å²) in [6.45, 7) is 0.181. The summed E-state index contributed by atoms with van der Waals surface area (Å²) < 4.78 is 9.48. The second-order valence-electron chi connectivity index (χ2n) is 2.89. The van der Waals surface area contributed by atoms with E-state index in [1.807, 2.05) is 12.1 Å². The molecular formula is C10H13BNO3. The third-order valence-electron chi connectivity index (χ3n) is 1.91. The number of benzene rings is 1. The Morgan fingerprint density at radius 3 is 2.60 bits per heavy atom. The first kappa shape index (κ1) is 11.7. The Morgan fingerprint density at radius 2 is 2.07 bits per heavy atom. The van der Waals surface area contributed by atoms with Crippen LogP contribution in [0.25, 0.3) is 0 Å². The zero-order valence-electron chi connectivity index (χ0n) is 8.60. The summed E-state index contributed by atoms with van der Waals surface area (Å²) in [5, 5.41) is 0. The van der Waals surface area contributed by atoms with Crippen LogP contribution >= 0.6 is 0 Å². The SMILES string of the molecule is COC(=O)c1ccc(C[B]OCN)cc1. The van der Waals surface area contributed by atoms with E-state index >= 15 is 0 Å². The van der Waals surface area contributed by atoms with Crippen LogP contribution in [-0.2, 0) is 15.7 Å². The molecule has 0 unspecified atom stereocenters. The van der Waals surface area contributed by atoms with E-state index in [1.54, 1.807) is 19.6 Å². The van der Waals surface area contributed by atoms with Crippen molar-refractivity contribution in [2.24, 2.45) is 5.73 Å². The normalized spacial score (nSPS) is 9.73. The average Bonchev–Trinajstić information content (AvgIpc) is 2.29. The molecule has 0 aliphatic heterocycles. The molecule has 79 valence electrons. The highest BCUT2D eigenvalue weighted by molar-refractivity contribution is 6.26. The third-order valence-corrected chi connectivity index (χ3v) is 1.91. The number of carbonyl (C=O) groups is 1. The van der Waals surface area contributed by atoms with Gasteiger partial charge in [0.25, 0.3) is 7.48 Å². The van der Waals surface area contributed by atoms with Gasteiger partial charge in [0.2, 0.25) is 0 Å². The van der Waals surface area contributed by atoms with E-state index in [4.69, 9.17) is 10.4 Å². The molecule has 0 atom stereocenters. The van der Waals surface area contributed by atoms with Gasteiger partial charge in [-0.25, -0.2) is 4.79 Å². The topological polar surface area (TPSA) is 61.5 Å². The number of ether oxygens (including phenoxy) is 1. The van der Waals surface area contributed by atoms with Gasteiger partial charge >= 0.3 is 5.97 Å². The predicted molar refractivity (Wildman–Crippen MR) is 57.4 cm³/mol. The van der Waals surface area contributed by atoms with E-state index < -0.39 is 0 Å². The van der Waals surface area contributed by atoms with Crippen LogP contribution in [0.15, 0.2) is 24.3 Å². The van der Waals surface area contributed by atoms with E-state index in [0.717, 1.165) is 5.56 Å². The van der Waals surface area contributed by atoms with Gasteiger partial charge in [-0.15, -0.1) is 0 Å². The van der Waals surface area contributed by atoms with Crippen molar-refractivity contribution in [3.05, 3.63) is 35.4 Å². The molecule has 0 aliphatic rings. The minimum Gasteiger partial charge on any atom is -0.465 e. The smallest absolute Gasteiger partial charge is 0.337 e. The van der Waals surface area contributed by atoms with Crippen LogP contribution in [0, 0.1) is 0 Å². The zero-order chi connectivity index (χ0) is 11.1. The molecule has 4 nitrogen and oxygen atoms in total. The van der Waals surface area contributed by atoms with Crippen LogP contribution in [0.1, 0.15) is 15.9 Å². The largest absolute Gasteiger partial charge is 0.465 e. The molecule has 1 rings (SSSR count). The second kappa shape index (κ2) is 6.21. The quantitative estimate of drug-likeness (QED) is 0.330. The van der Waals surface area contributed by atoms with Gasteiger partial charge in [-0.2, -0.15) is 0 Å². The van der Waals surface area contributed by atoms with Gasteiger partial charge in [-0.05, 0) is 18.5 Å². The van der Waals surface area contributed by atoms with Crippen molar-refractivity contribution < 1.29 is 14.2 Å². The molecule has 1 radical (unpaired) electrons. The summed E-state index contributed by atoms with van der Waals surface area (Å²) >= 11 is 0. The Balaban J connectivity index is 2.52. The number of rotatable bonds is 5. The summed E-state index contributed by atoms with van der Waals surface area (Å²) in [4.78, 5) is 11.1. The van der Waals surface area contributed by atoms with Crippen molar-refractivity contribution in [3.8, 4) is 0 Å². The molecule has 0 bridgehead atoms. The highest BCUT2D eigenvalue weighted by atomic mass is 16.5. The molecule has 0 amide bonds. The fourth-order valence-corrected chi connectivity index (χ4v) is 1.12. The van der Waals surface area contributed by atoms with Crippen LogP contribution < -0.4 is 5.73 Å². The Bertz CT molecular complexity index is 313. The van der Waals surface area contributed by atoms with Crippen LogP contribution in [0.4, 0.5) is 0 Å². The van der Waals surface area contributed by atoms with E-state index in [2.05, 4.69) is 4.74 Å². The summed E-state index contributed by atoms with van der Waals surface area (Å²) in [5.41, 5.74) is 6.75. The molecule has 5 heteroatoms. The highest BCUT2D eigenvalue weighted by Gasteiger charge is 2.04. The number of hydrogen-bond donors (Lipinski definition) is 1. The van der Waals surface area contributed by atoms with Crippen LogP contribution in [0.2, 0.25) is 0 Å². The van der Waals surface area contributed by atoms with Gasteiger partial charge in [0.05, 0.1) is 19.4 Å². The van der Waals surface area contributed by atoms with Crippen LogP contribution in [0.5, 0.6) is 0 Å². The minimum atomic E-state index is -0.330. The Labute approximate surface area is 89.6 Å². The molecule has 0 heterocycles. The lowest BCUT2D eigenvalue weighted by Crippen LogP contribution is -2.10. The van der Waals surface area contributed by atoms with Crippen molar-refractivity contribution in [1.29, 1.82) is 0 Å². The highest BCUT2D eigenvalue weighted by Crippen LogP contribution is 2.05. The molecule has 0 saturated carbocycles. The van der Waals surface area contributed by atoms with Gasteiger partial charge in [0.15, 0.2) is 0 Å². The monoisotopic (exact) mass is 206 g/mol. The molecule has 0 aliphatic carbocycles. The lowest BCUT2D eigenvalue weighted by atomic mass is 9.89. The third kappa shape index (κ3) is 3.73. The molecule has 1 aromatic carbocycles. The first-order valence-corrected chi connectivity index (χ1v) is 4.58. The molecule has 0 aromatic heterocycles. The number of carbonyl (C=O) groups excluding carboxylic acids is 1. The van der Waals surface area contributed by atoms with Crippen molar-refractivity contribution in [2.75, 3.05) is 13.8 Å². The van der Waals surface area contributed by atoms with Gasteiger partial charge in [-0.3, -0.25) is 0 Å². The predicted octanol–water partition coefficient (Wildman–Crippen LogP) is 0.525. The van der Waals surface area contributed by atoms with Crippen LogP contribution in [-0.4, -0.2) is 27.3 Å². The number of esters is 1. The van der Waals surface area contributed by atoms with E-state index in [0.29, 0.717) is 11.9 Å². The summed E-state index contributed by atoms with van der Waals surface area (Å²) in [7, 11) is 2.99. The molecule has 0 saturated heterocycles. The number of methoxy groups -OCH3 is 1. The maximum Gasteiger partial charge on any atom is 0.337 e. The maximum absolute atomic E-state index is 11.1. The van der Waals surface area contributed by atoms with Gasteiger partial charge < -0.3 is 15.1 Å². The molecular weight excluding hydrogens is 193 g/mol. The zero-order valence-corrected chi connectivity index (χ0v) is 8.60. The van der Waals surface area contributed by atoms with Crippen molar-refractivity contribution in [1.82, 2.24) is 0 Å². The second-order valence-corrected chi connectivity index (χ2v) is 2.89. The number of nitrogens with two attached hydrogens (primary N) is 1. The van der Waals surface area contributed by atoms with E-state index in [1.165, 1.54) is 7.11 Å². The molecule has 0 spiro atoms. The molecule has 1 aromatic rings.